The van der Waals surface area contributed by atoms with Crippen molar-refractivity contribution in [1.82, 2.24) is 4.98 Å². The summed E-state index contributed by atoms with van der Waals surface area (Å²) < 4.78 is 46.7. The van der Waals surface area contributed by atoms with Gasteiger partial charge in [0.1, 0.15) is 11.6 Å². The summed E-state index contributed by atoms with van der Waals surface area (Å²) in [4.78, 5) is 3.28. The number of halogens is 4. The van der Waals surface area contributed by atoms with Crippen LogP contribution in [0.5, 0.6) is 0 Å². The molecule has 0 saturated heterocycles. The molecule has 0 aliphatic carbocycles. The van der Waals surface area contributed by atoms with E-state index in [1.807, 2.05) is 0 Å². The predicted molar refractivity (Wildman–Crippen MR) is 59.7 cm³/mol. The van der Waals surface area contributed by atoms with Gasteiger partial charge >= 0.3 is 0 Å². The van der Waals surface area contributed by atoms with E-state index in [2.05, 4.69) is 4.98 Å². The van der Waals surface area contributed by atoms with E-state index in [1.165, 1.54) is 28.7 Å². The van der Waals surface area contributed by atoms with Crippen LogP contribution in [-0.4, -0.2) is 13.4 Å². The molecule has 0 aliphatic heterocycles. The van der Waals surface area contributed by atoms with Gasteiger partial charge in [0, 0.05) is 20.4 Å². The Kier molecular flexibility index (Phi) is 4.03. The molecule has 0 fully saturated rings. The summed E-state index contributed by atoms with van der Waals surface area (Å²) in [6.07, 6.45) is -2.14. The lowest BCUT2D eigenvalue weighted by Crippen LogP contribution is -2.04. The molecular weight excluding hydrogens is 377 g/mol. The Balaban J connectivity index is 3.62. The van der Waals surface area contributed by atoms with E-state index in [-0.39, 0.29) is 3.57 Å². The lowest BCUT2D eigenvalue weighted by atomic mass is 10.2. The number of pyridine rings is 1. The molecule has 0 bridgehead atoms. The van der Waals surface area contributed by atoms with Crippen LogP contribution in [0.4, 0.5) is 8.78 Å². The molecular formula is C7H2ClF2IN2O2S. The van der Waals surface area contributed by atoms with Gasteiger partial charge in [0.05, 0.1) is 5.56 Å². The number of alkyl halides is 2. The Labute approximate surface area is 108 Å². The summed E-state index contributed by atoms with van der Waals surface area (Å²) >= 11 is 1.46. The summed E-state index contributed by atoms with van der Waals surface area (Å²) in [5.74, 6) is 0. The first-order chi connectivity index (χ1) is 7.29. The highest BCUT2D eigenvalue weighted by molar-refractivity contribution is 14.1. The van der Waals surface area contributed by atoms with Crippen LogP contribution >= 0.6 is 33.3 Å². The highest BCUT2D eigenvalue weighted by atomic mass is 127. The van der Waals surface area contributed by atoms with Gasteiger partial charge in [-0.3, -0.25) is 0 Å². The molecule has 1 aromatic heterocycles. The minimum atomic E-state index is -4.22. The van der Waals surface area contributed by atoms with Crippen molar-refractivity contribution in [2.24, 2.45) is 0 Å². The maximum absolute atomic E-state index is 12.4. The predicted octanol–water partition coefficient (Wildman–Crippen LogP) is 2.42. The Morgan fingerprint density at radius 2 is 2.12 bits per heavy atom. The maximum Gasteiger partial charge on any atom is 0.280 e. The van der Waals surface area contributed by atoms with Crippen LogP contribution in [0.15, 0.2) is 11.2 Å². The Hall–Kier alpha value is -0.530. The molecule has 0 N–H and O–H groups in total. The lowest BCUT2D eigenvalue weighted by molar-refractivity contribution is 0.149. The smallest absolute Gasteiger partial charge is 0.242 e. The zero-order valence-corrected chi connectivity index (χ0v) is 11.0. The van der Waals surface area contributed by atoms with Gasteiger partial charge < -0.3 is 0 Å². The molecule has 0 saturated carbocycles. The number of nitrogens with zero attached hydrogens (tertiary/aromatic N) is 2. The Morgan fingerprint density at radius 1 is 1.56 bits per heavy atom. The molecule has 0 unspecified atom stereocenters. The third-order valence-corrected chi connectivity index (χ3v) is 3.96. The zero-order chi connectivity index (χ0) is 12.5. The van der Waals surface area contributed by atoms with Crippen molar-refractivity contribution in [3.63, 3.8) is 0 Å². The summed E-state index contributed by atoms with van der Waals surface area (Å²) in [6.45, 7) is 0. The fourth-order valence-corrected chi connectivity index (χ4v) is 2.78. The van der Waals surface area contributed by atoms with E-state index in [0.29, 0.717) is 6.20 Å². The maximum atomic E-state index is 12.4. The second kappa shape index (κ2) is 4.77. The molecule has 1 heterocycles. The topological polar surface area (TPSA) is 70.8 Å². The van der Waals surface area contributed by atoms with Gasteiger partial charge in [-0.15, -0.1) is 0 Å². The molecule has 0 radical (unpaired) electrons. The standard InChI is InChI=1S/C7H2ClF2IN2O2S/c8-16(14,15)7-3(1-12)5(11)4(2-13-7)6(9)10/h2,6H. The van der Waals surface area contributed by atoms with Crippen LogP contribution in [0, 0.1) is 14.9 Å². The largest absolute Gasteiger partial charge is 0.280 e. The molecule has 4 nitrogen and oxygen atoms in total. The van der Waals surface area contributed by atoms with Crippen molar-refractivity contribution in [2.45, 2.75) is 11.5 Å². The zero-order valence-electron chi connectivity index (χ0n) is 7.29. The van der Waals surface area contributed by atoms with Crippen molar-refractivity contribution >= 4 is 42.3 Å². The summed E-state index contributed by atoms with van der Waals surface area (Å²) in [7, 11) is 0.793. The van der Waals surface area contributed by atoms with E-state index in [9.17, 15) is 17.2 Å². The van der Waals surface area contributed by atoms with Gasteiger partial charge in [0.2, 0.25) is 0 Å². The van der Waals surface area contributed by atoms with E-state index in [4.69, 9.17) is 15.9 Å². The quantitative estimate of drug-likeness (QED) is 0.585. The van der Waals surface area contributed by atoms with Crippen LogP contribution in [0.3, 0.4) is 0 Å². The molecule has 0 aliphatic rings. The number of hydrogen-bond donors (Lipinski definition) is 0. The van der Waals surface area contributed by atoms with E-state index in [1.54, 1.807) is 0 Å². The number of nitriles is 1. The fourth-order valence-electron chi connectivity index (χ4n) is 0.922. The van der Waals surface area contributed by atoms with Crippen molar-refractivity contribution < 1.29 is 17.2 Å². The minimum absolute atomic E-state index is 0.163. The SMILES string of the molecule is N#Cc1c(S(=O)(=O)Cl)ncc(C(F)F)c1I. The molecule has 0 spiro atoms. The molecule has 86 valence electrons. The van der Waals surface area contributed by atoms with Gasteiger partial charge in [0.15, 0.2) is 5.03 Å². The third-order valence-electron chi connectivity index (χ3n) is 1.59. The Morgan fingerprint density at radius 3 is 2.50 bits per heavy atom. The van der Waals surface area contributed by atoms with Crippen molar-refractivity contribution in [1.29, 1.82) is 5.26 Å². The van der Waals surface area contributed by atoms with Crippen molar-refractivity contribution in [2.75, 3.05) is 0 Å². The average molecular weight is 379 g/mol. The summed E-state index contributed by atoms with van der Waals surface area (Å²) in [6, 6.07) is 1.50. The van der Waals surface area contributed by atoms with Crippen LogP contribution < -0.4 is 0 Å². The lowest BCUT2D eigenvalue weighted by Gasteiger charge is -2.06. The molecule has 0 aromatic carbocycles. The highest BCUT2D eigenvalue weighted by Gasteiger charge is 2.24. The average Bonchev–Trinajstić information content (AvgIpc) is 2.15. The van der Waals surface area contributed by atoms with Crippen LogP contribution in [0.2, 0.25) is 0 Å². The normalized spacial score (nSPS) is 11.5. The van der Waals surface area contributed by atoms with E-state index >= 15 is 0 Å². The van der Waals surface area contributed by atoms with Crippen molar-refractivity contribution in [3.05, 3.63) is 20.9 Å². The van der Waals surface area contributed by atoms with Gasteiger partial charge in [-0.2, -0.15) is 5.26 Å². The molecule has 0 amide bonds. The van der Waals surface area contributed by atoms with Crippen LogP contribution in [-0.2, 0) is 9.05 Å². The van der Waals surface area contributed by atoms with Crippen LogP contribution in [0.25, 0.3) is 0 Å². The van der Waals surface area contributed by atoms with E-state index in [0.717, 1.165) is 0 Å². The van der Waals surface area contributed by atoms with Gasteiger partial charge in [-0.05, 0) is 22.6 Å². The summed E-state index contributed by atoms with van der Waals surface area (Å²) in [5, 5.41) is 8.00. The first kappa shape index (κ1) is 13.5. The number of hydrogen-bond acceptors (Lipinski definition) is 4. The minimum Gasteiger partial charge on any atom is -0.242 e. The number of rotatable bonds is 2. The molecule has 0 atom stereocenters. The highest BCUT2D eigenvalue weighted by Crippen LogP contribution is 2.29. The molecule has 1 aromatic rings. The molecule has 16 heavy (non-hydrogen) atoms. The second-order valence-corrected chi connectivity index (χ2v) is 6.12. The monoisotopic (exact) mass is 378 g/mol. The van der Waals surface area contributed by atoms with Gasteiger partial charge in [-0.1, -0.05) is 0 Å². The molecule has 1 rings (SSSR count). The fraction of sp³-hybridized carbons (Fsp3) is 0.143. The first-order valence-electron chi connectivity index (χ1n) is 3.60. The van der Waals surface area contributed by atoms with Crippen molar-refractivity contribution in [3.8, 4) is 6.07 Å². The van der Waals surface area contributed by atoms with Crippen LogP contribution in [0.1, 0.15) is 17.6 Å². The number of aromatic nitrogens is 1. The molecule has 9 heteroatoms. The van der Waals surface area contributed by atoms with Gasteiger partial charge in [-0.25, -0.2) is 22.2 Å². The first-order valence-corrected chi connectivity index (χ1v) is 6.99. The summed E-state index contributed by atoms with van der Waals surface area (Å²) in [5.41, 5.74) is -0.963. The Bertz CT molecular complexity index is 570. The second-order valence-electron chi connectivity index (χ2n) is 2.56. The van der Waals surface area contributed by atoms with E-state index < -0.39 is 31.6 Å². The van der Waals surface area contributed by atoms with Gasteiger partial charge in [0.25, 0.3) is 15.5 Å². The third kappa shape index (κ3) is 2.58.